The molecule has 0 spiro atoms. The molecular weight excluding hydrogens is 227 g/mol. The average molecular weight is 240 g/mol. The number of nitrogens with zero attached hydrogens (tertiary/aromatic N) is 1. The number of anilines is 1. The Bertz CT molecular complexity index is 405. The topological polar surface area (TPSA) is 46.3 Å². The number of carbonyl (C=O) groups excluding carboxylic acids is 1. The quantitative estimate of drug-likeness (QED) is 0.851. The summed E-state index contributed by atoms with van der Waals surface area (Å²) in [5, 5.41) is 0. The lowest BCUT2D eigenvalue weighted by Crippen LogP contribution is -2.33. The third-order valence-electron chi connectivity index (χ3n) is 2.58. The molecule has 1 aliphatic heterocycles. The highest BCUT2D eigenvalue weighted by Gasteiger charge is 2.15. The van der Waals surface area contributed by atoms with Gasteiger partial charge in [-0.25, -0.2) is 4.39 Å². The number of carbonyl (C=O) groups is 1. The van der Waals surface area contributed by atoms with Crippen molar-refractivity contribution in [1.29, 1.82) is 0 Å². The lowest BCUT2D eigenvalue weighted by molar-refractivity contribution is 0.1000. The van der Waals surface area contributed by atoms with Gasteiger partial charge in [-0.1, -0.05) is 0 Å². The van der Waals surface area contributed by atoms with Crippen LogP contribution in [0.4, 0.5) is 10.1 Å². The predicted octanol–water partition coefficient (Wildman–Crippen LogP) is 1.48. The highest BCUT2D eigenvalue weighted by molar-refractivity contribution is 7.99. The summed E-state index contributed by atoms with van der Waals surface area (Å²) in [6, 6.07) is 4.41. The van der Waals surface area contributed by atoms with E-state index in [0.717, 1.165) is 24.6 Å². The summed E-state index contributed by atoms with van der Waals surface area (Å²) >= 11 is 1.87. The van der Waals surface area contributed by atoms with E-state index in [9.17, 15) is 9.18 Å². The molecule has 0 aromatic heterocycles. The van der Waals surface area contributed by atoms with Crippen molar-refractivity contribution in [2.45, 2.75) is 0 Å². The van der Waals surface area contributed by atoms with Crippen molar-refractivity contribution in [2.75, 3.05) is 29.5 Å². The second kappa shape index (κ2) is 4.74. The molecule has 2 rings (SSSR count). The first-order valence-electron chi connectivity index (χ1n) is 5.10. The standard InChI is InChI=1S/C11H13FN2OS/c12-9-7-8(11(13)15)1-2-10(9)14-3-5-16-6-4-14/h1-2,7H,3-6H2,(H2,13,15). The van der Waals surface area contributed by atoms with Crippen LogP contribution in [0.2, 0.25) is 0 Å². The third-order valence-corrected chi connectivity index (χ3v) is 3.53. The Morgan fingerprint density at radius 2 is 2.06 bits per heavy atom. The number of hydrogen-bond donors (Lipinski definition) is 1. The number of benzene rings is 1. The molecule has 0 bridgehead atoms. The summed E-state index contributed by atoms with van der Waals surface area (Å²) in [4.78, 5) is 12.9. The van der Waals surface area contributed by atoms with E-state index in [0.29, 0.717) is 5.69 Å². The molecule has 0 atom stereocenters. The van der Waals surface area contributed by atoms with Crippen molar-refractivity contribution in [2.24, 2.45) is 5.73 Å². The highest BCUT2D eigenvalue weighted by Crippen LogP contribution is 2.23. The zero-order chi connectivity index (χ0) is 11.5. The van der Waals surface area contributed by atoms with Gasteiger partial charge in [0.2, 0.25) is 5.91 Å². The molecule has 1 fully saturated rings. The van der Waals surface area contributed by atoms with Gasteiger partial charge in [-0.3, -0.25) is 4.79 Å². The lowest BCUT2D eigenvalue weighted by Gasteiger charge is -2.28. The molecule has 3 nitrogen and oxygen atoms in total. The number of thioether (sulfide) groups is 1. The second-order valence-electron chi connectivity index (χ2n) is 3.63. The van der Waals surface area contributed by atoms with Gasteiger partial charge in [-0.05, 0) is 18.2 Å². The third kappa shape index (κ3) is 2.29. The monoisotopic (exact) mass is 240 g/mol. The Labute approximate surface area is 97.8 Å². The molecule has 1 heterocycles. The summed E-state index contributed by atoms with van der Waals surface area (Å²) in [7, 11) is 0. The van der Waals surface area contributed by atoms with Gasteiger partial charge in [0.1, 0.15) is 5.82 Å². The van der Waals surface area contributed by atoms with Crippen LogP contribution in [-0.2, 0) is 0 Å². The Morgan fingerprint density at radius 3 is 2.62 bits per heavy atom. The maximum Gasteiger partial charge on any atom is 0.248 e. The van der Waals surface area contributed by atoms with Crippen LogP contribution in [0.15, 0.2) is 18.2 Å². The van der Waals surface area contributed by atoms with E-state index in [1.165, 1.54) is 6.07 Å². The van der Waals surface area contributed by atoms with E-state index in [1.54, 1.807) is 12.1 Å². The van der Waals surface area contributed by atoms with E-state index in [-0.39, 0.29) is 11.4 Å². The largest absolute Gasteiger partial charge is 0.368 e. The molecule has 1 aliphatic rings. The number of nitrogens with two attached hydrogens (primary N) is 1. The molecular formula is C11H13FN2OS. The smallest absolute Gasteiger partial charge is 0.248 e. The maximum atomic E-state index is 13.7. The first kappa shape index (κ1) is 11.3. The van der Waals surface area contributed by atoms with Crippen molar-refractivity contribution in [3.8, 4) is 0 Å². The summed E-state index contributed by atoms with van der Waals surface area (Å²) in [6.45, 7) is 1.69. The Kier molecular flexibility index (Phi) is 3.33. The molecule has 2 N–H and O–H groups in total. The van der Waals surface area contributed by atoms with Gasteiger partial charge in [-0.15, -0.1) is 0 Å². The average Bonchev–Trinajstić information content (AvgIpc) is 2.30. The van der Waals surface area contributed by atoms with Gasteiger partial charge in [0.05, 0.1) is 5.69 Å². The van der Waals surface area contributed by atoms with E-state index in [1.807, 2.05) is 16.7 Å². The van der Waals surface area contributed by atoms with Crippen molar-refractivity contribution < 1.29 is 9.18 Å². The molecule has 1 aromatic rings. The van der Waals surface area contributed by atoms with Crippen molar-refractivity contribution in [3.05, 3.63) is 29.6 Å². The number of halogens is 1. The van der Waals surface area contributed by atoms with Gasteiger partial charge >= 0.3 is 0 Å². The maximum absolute atomic E-state index is 13.7. The van der Waals surface area contributed by atoms with Crippen LogP contribution in [0, 0.1) is 5.82 Å². The summed E-state index contributed by atoms with van der Waals surface area (Å²) in [5.41, 5.74) is 5.86. The fourth-order valence-corrected chi connectivity index (χ4v) is 2.62. The highest BCUT2D eigenvalue weighted by atomic mass is 32.2. The molecule has 1 amide bonds. The van der Waals surface area contributed by atoms with Gasteiger partial charge in [-0.2, -0.15) is 11.8 Å². The molecule has 1 aromatic carbocycles. The van der Waals surface area contributed by atoms with E-state index < -0.39 is 5.91 Å². The van der Waals surface area contributed by atoms with Gasteiger partial charge in [0.15, 0.2) is 0 Å². The number of rotatable bonds is 2. The van der Waals surface area contributed by atoms with Crippen LogP contribution in [0.3, 0.4) is 0 Å². The molecule has 0 radical (unpaired) electrons. The molecule has 1 saturated heterocycles. The minimum Gasteiger partial charge on any atom is -0.368 e. The number of primary amides is 1. The molecule has 0 saturated carbocycles. The number of amides is 1. The molecule has 0 unspecified atom stereocenters. The summed E-state index contributed by atoms with van der Waals surface area (Å²) in [6.07, 6.45) is 0. The second-order valence-corrected chi connectivity index (χ2v) is 4.85. The number of hydrogen-bond acceptors (Lipinski definition) is 3. The van der Waals surface area contributed by atoms with E-state index in [2.05, 4.69) is 0 Å². The van der Waals surface area contributed by atoms with Crippen molar-refractivity contribution >= 4 is 23.4 Å². The first-order valence-corrected chi connectivity index (χ1v) is 6.26. The zero-order valence-electron chi connectivity index (χ0n) is 8.78. The van der Waals surface area contributed by atoms with Crippen LogP contribution in [0.25, 0.3) is 0 Å². The fourth-order valence-electron chi connectivity index (χ4n) is 1.72. The molecule has 86 valence electrons. The molecule has 0 aliphatic carbocycles. The van der Waals surface area contributed by atoms with Crippen LogP contribution in [-0.4, -0.2) is 30.5 Å². The lowest BCUT2D eigenvalue weighted by atomic mass is 10.1. The molecule has 16 heavy (non-hydrogen) atoms. The van der Waals surface area contributed by atoms with Crippen LogP contribution in [0.5, 0.6) is 0 Å². The van der Waals surface area contributed by atoms with Crippen molar-refractivity contribution in [3.63, 3.8) is 0 Å². The van der Waals surface area contributed by atoms with E-state index in [4.69, 9.17) is 5.73 Å². The minimum atomic E-state index is -0.598. The summed E-state index contributed by atoms with van der Waals surface area (Å²) in [5.74, 6) is 1.05. The van der Waals surface area contributed by atoms with Crippen LogP contribution in [0.1, 0.15) is 10.4 Å². The van der Waals surface area contributed by atoms with Gasteiger partial charge < -0.3 is 10.6 Å². The van der Waals surface area contributed by atoms with Gasteiger partial charge in [0.25, 0.3) is 0 Å². The normalized spacial score (nSPS) is 16.2. The Balaban J connectivity index is 2.24. The van der Waals surface area contributed by atoms with Crippen LogP contribution >= 0.6 is 11.8 Å². The van der Waals surface area contributed by atoms with E-state index >= 15 is 0 Å². The van der Waals surface area contributed by atoms with Gasteiger partial charge in [0, 0.05) is 30.2 Å². The summed E-state index contributed by atoms with van der Waals surface area (Å²) < 4.78 is 13.7. The Hall–Kier alpha value is -1.23. The SMILES string of the molecule is NC(=O)c1ccc(N2CCSCC2)c(F)c1. The molecule has 5 heteroatoms. The first-order chi connectivity index (χ1) is 7.68. The predicted molar refractivity (Wildman–Crippen MR) is 64.5 cm³/mol. The van der Waals surface area contributed by atoms with Crippen molar-refractivity contribution in [1.82, 2.24) is 0 Å². The zero-order valence-corrected chi connectivity index (χ0v) is 9.60. The minimum absolute atomic E-state index is 0.215. The van der Waals surface area contributed by atoms with Crippen LogP contribution < -0.4 is 10.6 Å². The Morgan fingerprint density at radius 1 is 1.38 bits per heavy atom. The fraction of sp³-hybridized carbons (Fsp3) is 0.364.